The Labute approximate surface area is 99.7 Å². The molecule has 2 nitrogen and oxygen atoms in total. The van der Waals surface area contributed by atoms with E-state index >= 15 is 0 Å². The van der Waals surface area contributed by atoms with Crippen molar-refractivity contribution in [2.45, 2.75) is 71.1 Å². The summed E-state index contributed by atoms with van der Waals surface area (Å²) in [6.45, 7) is 2.22. The first-order chi connectivity index (χ1) is 7.77. The molecular weight excluding hydrogens is 200 g/mol. The highest BCUT2D eigenvalue weighted by Gasteiger charge is 1.95. The molecule has 0 aromatic rings. The fourth-order valence-electron chi connectivity index (χ4n) is 1.64. The van der Waals surface area contributed by atoms with Gasteiger partial charge < -0.3 is 5.11 Å². The first kappa shape index (κ1) is 15.2. The maximum absolute atomic E-state index is 10.2. The number of aliphatic carboxylic acids is 1. The van der Waals surface area contributed by atoms with Crippen LogP contribution in [-0.4, -0.2) is 11.1 Å². The summed E-state index contributed by atoms with van der Waals surface area (Å²) in [7, 11) is 0. The summed E-state index contributed by atoms with van der Waals surface area (Å²) in [6.07, 6.45) is 15.4. The van der Waals surface area contributed by atoms with Crippen LogP contribution in [0.25, 0.3) is 0 Å². The lowest BCUT2D eigenvalue weighted by molar-refractivity contribution is -0.137. The van der Waals surface area contributed by atoms with Crippen LogP contribution in [0, 0.1) is 0 Å². The molecule has 0 saturated heterocycles. The Hall–Kier alpha value is -0.790. The van der Waals surface area contributed by atoms with E-state index in [9.17, 15) is 4.79 Å². The zero-order valence-electron chi connectivity index (χ0n) is 10.6. The molecule has 1 N–H and O–H groups in total. The summed E-state index contributed by atoms with van der Waals surface area (Å²) in [5.41, 5.74) is 0. The van der Waals surface area contributed by atoms with Gasteiger partial charge in [0.05, 0.1) is 0 Å². The van der Waals surface area contributed by atoms with Crippen molar-refractivity contribution in [3.05, 3.63) is 12.2 Å². The van der Waals surface area contributed by atoms with E-state index < -0.39 is 5.97 Å². The Morgan fingerprint density at radius 3 is 2.06 bits per heavy atom. The SMILES string of the molecule is CCCCCC=CCCCCCCC(=O)O. The van der Waals surface area contributed by atoms with E-state index in [1.807, 2.05) is 0 Å². The van der Waals surface area contributed by atoms with Crippen LogP contribution in [0.1, 0.15) is 71.1 Å². The van der Waals surface area contributed by atoms with Crippen molar-refractivity contribution in [2.75, 3.05) is 0 Å². The van der Waals surface area contributed by atoms with Crippen LogP contribution in [0.5, 0.6) is 0 Å². The van der Waals surface area contributed by atoms with E-state index in [0.29, 0.717) is 6.42 Å². The second-order valence-electron chi connectivity index (χ2n) is 4.31. The largest absolute Gasteiger partial charge is 0.481 e. The Kier molecular flexibility index (Phi) is 11.7. The molecule has 16 heavy (non-hydrogen) atoms. The molecule has 0 aliphatic rings. The molecule has 0 aliphatic heterocycles. The van der Waals surface area contributed by atoms with Gasteiger partial charge in [-0.2, -0.15) is 0 Å². The number of hydrogen-bond donors (Lipinski definition) is 1. The van der Waals surface area contributed by atoms with E-state index in [0.717, 1.165) is 25.7 Å². The highest BCUT2D eigenvalue weighted by Crippen LogP contribution is 2.07. The molecule has 94 valence electrons. The van der Waals surface area contributed by atoms with Crippen LogP contribution < -0.4 is 0 Å². The number of rotatable bonds is 11. The quantitative estimate of drug-likeness (QED) is 0.414. The zero-order valence-corrected chi connectivity index (χ0v) is 10.6. The fraction of sp³-hybridized carbons (Fsp3) is 0.786. The summed E-state index contributed by atoms with van der Waals surface area (Å²) in [4.78, 5) is 10.2. The third kappa shape index (κ3) is 13.2. The second kappa shape index (κ2) is 12.3. The lowest BCUT2D eigenvalue weighted by Crippen LogP contribution is -1.93. The van der Waals surface area contributed by atoms with Crippen LogP contribution in [0.15, 0.2) is 12.2 Å². The van der Waals surface area contributed by atoms with Crippen molar-refractivity contribution in [2.24, 2.45) is 0 Å². The molecule has 0 radical (unpaired) electrons. The van der Waals surface area contributed by atoms with Gasteiger partial charge in [-0.15, -0.1) is 0 Å². The minimum absolute atomic E-state index is 0.326. The average molecular weight is 226 g/mol. The lowest BCUT2D eigenvalue weighted by atomic mass is 10.1. The normalized spacial score (nSPS) is 11.1. The number of carbonyl (C=O) groups is 1. The average Bonchev–Trinajstić information content (AvgIpc) is 2.25. The second-order valence-corrected chi connectivity index (χ2v) is 4.31. The molecule has 0 fully saturated rings. The van der Waals surface area contributed by atoms with Crippen LogP contribution in [0.4, 0.5) is 0 Å². The first-order valence-corrected chi connectivity index (χ1v) is 6.64. The molecule has 0 aromatic heterocycles. The molecule has 0 bridgehead atoms. The van der Waals surface area contributed by atoms with Crippen molar-refractivity contribution in [3.8, 4) is 0 Å². The molecule has 0 unspecified atom stereocenters. The highest BCUT2D eigenvalue weighted by atomic mass is 16.4. The minimum atomic E-state index is -0.671. The molecule has 0 aromatic carbocycles. The van der Waals surface area contributed by atoms with Gasteiger partial charge in [0.2, 0.25) is 0 Å². The Morgan fingerprint density at radius 2 is 1.50 bits per heavy atom. The van der Waals surface area contributed by atoms with Crippen LogP contribution >= 0.6 is 0 Å². The van der Waals surface area contributed by atoms with Crippen molar-refractivity contribution >= 4 is 5.97 Å². The summed E-state index contributed by atoms with van der Waals surface area (Å²) in [6, 6.07) is 0. The van der Waals surface area contributed by atoms with E-state index in [-0.39, 0.29) is 0 Å². The highest BCUT2D eigenvalue weighted by molar-refractivity contribution is 5.66. The standard InChI is InChI=1S/C14H26O2/c1-2-3-4-5-6-7-8-9-10-11-12-13-14(15)16/h6-7H,2-5,8-13H2,1H3,(H,15,16). The predicted molar refractivity (Wildman–Crippen MR) is 68.6 cm³/mol. The summed E-state index contributed by atoms with van der Waals surface area (Å²) in [5, 5.41) is 8.45. The van der Waals surface area contributed by atoms with Gasteiger partial charge in [-0.1, -0.05) is 44.8 Å². The Bertz CT molecular complexity index is 185. The number of unbranched alkanes of at least 4 members (excludes halogenated alkanes) is 7. The maximum Gasteiger partial charge on any atom is 0.303 e. The van der Waals surface area contributed by atoms with E-state index in [4.69, 9.17) is 5.11 Å². The summed E-state index contributed by atoms with van der Waals surface area (Å²) >= 11 is 0. The Morgan fingerprint density at radius 1 is 0.938 bits per heavy atom. The number of carboxylic acids is 1. The van der Waals surface area contributed by atoms with Crippen molar-refractivity contribution in [1.29, 1.82) is 0 Å². The van der Waals surface area contributed by atoms with Gasteiger partial charge >= 0.3 is 5.97 Å². The monoisotopic (exact) mass is 226 g/mol. The van der Waals surface area contributed by atoms with Crippen molar-refractivity contribution in [3.63, 3.8) is 0 Å². The van der Waals surface area contributed by atoms with Crippen LogP contribution in [0.2, 0.25) is 0 Å². The predicted octanol–water partition coefficient (Wildman–Crippen LogP) is 4.55. The van der Waals surface area contributed by atoms with Crippen molar-refractivity contribution < 1.29 is 9.90 Å². The fourth-order valence-corrected chi connectivity index (χ4v) is 1.64. The van der Waals surface area contributed by atoms with Crippen LogP contribution in [-0.2, 0) is 4.79 Å². The van der Waals surface area contributed by atoms with Crippen LogP contribution in [0.3, 0.4) is 0 Å². The molecule has 0 saturated carbocycles. The van der Waals surface area contributed by atoms with Crippen molar-refractivity contribution in [1.82, 2.24) is 0 Å². The molecule has 0 atom stereocenters. The smallest absolute Gasteiger partial charge is 0.303 e. The number of allylic oxidation sites excluding steroid dienone is 2. The third-order valence-electron chi connectivity index (χ3n) is 2.65. The van der Waals surface area contributed by atoms with E-state index in [1.165, 1.54) is 32.1 Å². The molecule has 0 aliphatic carbocycles. The minimum Gasteiger partial charge on any atom is -0.481 e. The summed E-state index contributed by atoms with van der Waals surface area (Å²) < 4.78 is 0. The number of carboxylic acid groups (broad SMARTS) is 1. The third-order valence-corrected chi connectivity index (χ3v) is 2.65. The Balaban J connectivity index is 3.05. The lowest BCUT2D eigenvalue weighted by Gasteiger charge is -1.97. The van der Waals surface area contributed by atoms with Gasteiger partial charge in [0, 0.05) is 6.42 Å². The molecular formula is C14H26O2. The van der Waals surface area contributed by atoms with Gasteiger partial charge in [-0.3, -0.25) is 4.79 Å². The summed E-state index contributed by atoms with van der Waals surface area (Å²) in [5.74, 6) is -0.671. The molecule has 0 amide bonds. The van der Waals surface area contributed by atoms with Gasteiger partial charge in [-0.25, -0.2) is 0 Å². The molecule has 2 heteroatoms. The van der Waals surface area contributed by atoms with E-state index in [1.54, 1.807) is 0 Å². The van der Waals surface area contributed by atoms with E-state index in [2.05, 4.69) is 19.1 Å². The van der Waals surface area contributed by atoms with Gasteiger partial charge in [0.15, 0.2) is 0 Å². The molecule has 0 heterocycles. The maximum atomic E-state index is 10.2. The number of hydrogen-bond acceptors (Lipinski definition) is 1. The first-order valence-electron chi connectivity index (χ1n) is 6.64. The zero-order chi connectivity index (χ0) is 12.1. The van der Waals surface area contributed by atoms with Gasteiger partial charge in [-0.05, 0) is 32.1 Å². The topological polar surface area (TPSA) is 37.3 Å². The molecule has 0 spiro atoms. The molecule has 0 rings (SSSR count). The van der Waals surface area contributed by atoms with Gasteiger partial charge in [0.1, 0.15) is 0 Å². The van der Waals surface area contributed by atoms with Gasteiger partial charge in [0.25, 0.3) is 0 Å².